The second kappa shape index (κ2) is 6.07. The molecule has 1 aromatic rings. The van der Waals surface area contributed by atoms with E-state index in [9.17, 15) is 0 Å². The molecular formula is C18H28ClN. The van der Waals surface area contributed by atoms with E-state index < -0.39 is 0 Å². The highest BCUT2D eigenvalue weighted by atomic mass is 35.5. The van der Waals surface area contributed by atoms with Crippen LogP contribution in [0.25, 0.3) is 0 Å². The second-order valence-electron chi connectivity index (χ2n) is 7.61. The van der Waals surface area contributed by atoms with Crippen LogP contribution in [0.4, 0.5) is 0 Å². The van der Waals surface area contributed by atoms with Crippen molar-refractivity contribution in [3.8, 4) is 0 Å². The fourth-order valence-electron chi connectivity index (χ4n) is 3.60. The quantitative estimate of drug-likeness (QED) is 0.828. The summed E-state index contributed by atoms with van der Waals surface area (Å²) in [5, 5.41) is 0.887. The van der Waals surface area contributed by atoms with Crippen LogP contribution in [0.2, 0.25) is 5.02 Å². The summed E-state index contributed by atoms with van der Waals surface area (Å²) in [4.78, 5) is 0. The lowest BCUT2D eigenvalue weighted by Gasteiger charge is -2.44. The Labute approximate surface area is 128 Å². The maximum Gasteiger partial charge on any atom is 0.0438 e. The zero-order valence-electron chi connectivity index (χ0n) is 13.1. The first-order valence-electron chi connectivity index (χ1n) is 7.80. The van der Waals surface area contributed by atoms with Gasteiger partial charge in [-0.3, -0.25) is 0 Å². The molecule has 20 heavy (non-hydrogen) atoms. The van der Waals surface area contributed by atoms with Gasteiger partial charge < -0.3 is 5.73 Å². The smallest absolute Gasteiger partial charge is 0.0438 e. The van der Waals surface area contributed by atoms with Crippen molar-refractivity contribution in [2.45, 2.75) is 52.9 Å². The molecule has 1 saturated carbocycles. The highest BCUT2D eigenvalue weighted by Crippen LogP contribution is 2.46. The molecule has 1 aromatic carbocycles. The number of hydrogen-bond acceptors (Lipinski definition) is 1. The molecule has 0 radical (unpaired) electrons. The van der Waals surface area contributed by atoms with E-state index in [1.807, 2.05) is 12.1 Å². The third-order valence-corrected chi connectivity index (χ3v) is 5.60. The number of nitrogens with two attached hydrogens (primary N) is 1. The lowest BCUT2D eigenvalue weighted by molar-refractivity contribution is 0.0926. The largest absolute Gasteiger partial charge is 0.330 e. The molecule has 1 fully saturated rings. The summed E-state index contributed by atoms with van der Waals surface area (Å²) in [6.45, 7) is 7.86. The summed E-state index contributed by atoms with van der Waals surface area (Å²) in [5.74, 6) is 0.827. The van der Waals surface area contributed by atoms with Crippen LogP contribution in [0.3, 0.4) is 0 Å². The average Bonchev–Trinajstić information content (AvgIpc) is 2.41. The van der Waals surface area contributed by atoms with Gasteiger partial charge in [0, 0.05) is 5.02 Å². The standard InChI is InChI=1S/C18H28ClN/c1-17(2,3)15-8-10-18(13-20,11-9-15)12-14-6-4-5-7-16(14)19/h4-7,15H,8-13,20H2,1-3H3. The van der Waals surface area contributed by atoms with Crippen molar-refractivity contribution in [3.63, 3.8) is 0 Å². The molecule has 0 saturated heterocycles. The lowest BCUT2D eigenvalue weighted by atomic mass is 9.62. The van der Waals surface area contributed by atoms with E-state index in [0.29, 0.717) is 5.41 Å². The van der Waals surface area contributed by atoms with Gasteiger partial charge in [-0.25, -0.2) is 0 Å². The molecule has 1 aliphatic carbocycles. The lowest BCUT2D eigenvalue weighted by Crippen LogP contribution is -2.39. The summed E-state index contributed by atoms with van der Waals surface area (Å²) in [7, 11) is 0. The fourth-order valence-corrected chi connectivity index (χ4v) is 3.80. The molecular weight excluding hydrogens is 266 g/mol. The van der Waals surface area contributed by atoms with Crippen molar-refractivity contribution in [1.29, 1.82) is 0 Å². The van der Waals surface area contributed by atoms with Crippen molar-refractivity contribution in [2.75, 3.05) is 6.54 Å². The molecule has 0 spiro atoms. The van der Waals surface area contributed by atoms with Crippen molar-refractivity contribution in [2.24, 2.45) is 22.5 Å². The Morgan fingerprint density at radius 2 is 1.80 bits per heavy atom. The van der Waals surface area contributed by atoms with E-state index in [1.54, 1.807) is 0 Å². The van der Waals surface area contributed by atoms with Crippen LogP contribution >= 0.6 is 11.6 Å². The average molecular weight is 294 g/mol. The van der Waals surface area contributed by atoms with Crippen LogP contribution in [-0.2, 0) is 6.42 Å². The summed E-state index contributed by atoms with van der Waals surface area (Å²) in [6.07, 6.45) is 6.09. The van der Waals surface area contributed by atoms with Crippen LogP contribution < -0.4 is 5.73 Å². The number of hydrogen-bond donors (Lipinski definition) is 1. The molecule has 0 aromatic heterocycles. The van der Waals surface area contributed by atoms with Gasteiger partial charge in [-0.05, 0) is 67.0 Å². The van der Waals surface area contributed by atoms with Gasteiger partial charge in [0.05, 0.1) is 0 Å². The molecule has 0 unspecified atom stereocenters. The Balaban J connectivity index is 2.08. The van der Waals surface area contributed by atoms with Gasteiger partial charge in [-0.2, -0.15) is 0 Å². The van der Waals surface area contributed by atoms with Gasteiger partial charge in [0.2, 0.25) is 0 Å². The number of halogens is 1. The molecule has 2 rings (SSSR count). The SMILES string of the molecule is CC(C)(C)C1CCC(CN)(Cc2ccccc2Cl)CC1. The monoisotopic (exact) mass is 293 g/mol. The van der Waals surface area contributed by atoms with Crippen LogP contribution in [0.15, 0.2) is 24.3 Å². The molecule has 1 aliphatic rings. The molecule has 2 N–H and O–H groups in total. The minimum atomic E-state index is 0.257. The van der Waals surface area contributed by atoms with Crippen LogP contribution in [0.5, 0.6) is 0 Å². The highest BCUT2D eigenvalue weighted by molar-refractivity contribution is 6.31. The minimum Gasteiger partial charge on any atom is -0.330 e. The van der Waals surface area contributed by atoms with Gasteiger partial charge in [0.25, 0.3) is 0 Å². The molecule has 0 bridgehead atoms. The Kier molecular flexibility index (Phi) is 4.81. The maximum absolute atomic E-state index is 6.32. The van der Waals surface area contributed by atoms with Gasteiger partial charge >= 0.3 is 0 Å². The molecule has 112 valence electrons. The summed E-state index contributed by atoms with van der Waals surface area (Å²) in [6, 6.07) is 8.21. The molecule has 0 heterocycles. The van der Waals surface area contributed by atoms with Crippen LogP contribution in [0, 0.1) is 16.7 Å². The predicted octanol–water partition coefficient (Wildman–Crippen LogP) is 5.06. The van der Waals surface area contributed by atoms with E-state index >= 15 is 0 Å². The van der Waals surface area contributed by atoms with E-state index in [2.05, 4.69) is 32.9 Å². The Morgan fingerprint density at radius 1 is 1.20 bits per heavy atom. The number of rotatable bonds is 3. The van der Waals surface area contributed by atoms with E-state index in [4.69, 9.17) is 17.3 Å². The van der Waals surface area contributed by atoms with Gasteiger partial charge in [-0.1, -0.05) is 50.6 Å². The first-order chi connectivity index (χ1) is 9.36. The zero-order chi connectivity index (χ0) is 14.8. The maximum atomic E-state index is 6.32. The van der Waals surface area contributed by atoms with Crippen molar-refractivity contribution < 1.29 is 0 Å². The second-order valence-corrected chi connectivity index (χ2v) is 8.02. The van der Waals surface area contributed by atoms with Crippen LogP contribution in [-0.4, -0.2) is 6.54 Å². The molecule has 0 aliphatic heterocycles. The third kappa shape index (κ3) is 3.56. The minimum absolute atomic E-state index is 0.257. The molecule has 0 amide bonds. The van der Waals surface area contributed by atoms with E-state index in [-0.39, 0.29) is 5.41 Å². The Bertz CT molecular complexity index is 439. The summed E-state index contributed by atoms with van der Waals surface area (Å²) in [5.41, 5.74) is 8.08. The fraction of sp³-hybridized carbons (Fsp3) is 0.667. The van der Waals surface area contributed by atoms with Gasteiger partial charge in [0.15, 0.2) is 0 Å². The highest BCUT2D eigenvalue weighted by Gasteiger charge is 2.38. The summed E-state index contributed by atoms with van der Waals surface area (Å²) < 4.78 is 0. The van der Waals surface area contributed by atoms with Crippen molar-refractivity contribution >= 4 is 11.6 Å². The first-order valence-corrected chi connectivity index (χ1v) is 8.18. The molecule has 1 nitrogen and oxygen atoms in total. The van der Waals surface area contributed by atoms with Gasteiger partial charge in [0.1, 0.15) is 0 Å². The topological polar surface area (TPSA) is 26.0 Å². The normalized spacial score (nSPS) is 27.6. The van der Waals surface area contributed by atoms with Crippen molar-refractivity contribution in [1.82, 2.24) is 0 Å². The predicted molar refractivity (Wildman–Crippen MR) is 88.1 cm³/mol. The van der Waals surface area contributed by atoms with E-state index in [1.165, 1.54) is 31.2 Å². The summed E-state index contributed by atoms with van der Waals surface area (Å²) >= 11 is 6.32. The van der Waals surface area contributed by atoms with E-state index in [0.717, 1.165) is 23.9 Å². The third-order valence-electron chi connectivity index (χ3n) is 5.23. The first kappa shape index (κ1) is 15.9. The van der Waals surface area contributed by atoms with Gasteiger partial charge in [-0.15, -0.1) is 0 Å². The molecule has 0 atom stereocenters. The Hall–Kier alpha value is -0.530. The van der Waals surface area contributed by atoms with Crippen molar-refractivity contribution in [3.05, 3.63) is 34.9 Å². The van der Waals surface area contributed by atoms with Crippen LogP contribution in [0.1, 0.15) is 52.0 Å². The molecule has 2 heteroatoms. The Morgan fingerprint density at radius 3 is 2.30 bits per heavy atom. The number of benzene rings is 1. The zero-order valence-corrected chi connectivity index (χ0v) is 13.8.